The second kappa shape index (κ2) is 9.73. The standard InChI is InChI=1S/C23H25N3O4/c1-5-13-26(23(27)17(3)29-20-8-6-7-16(2)14-20)15-21-24-22(25-30-21)18-9-11-19(28-4)12-10-18/h5-12,14,17H,1,13,15H2,2-4H3/t17-/m1/s1. The number of benzene rings is 2. The average molecular weight is 407 g/mol. The second-order valence-electron chi connectivity index (χ2n) is 6.82. The van der Waals surface area contributed by atoms with Gasteiger partial charge in [-0.05, 0) is 55.8 Å². The first-order valence-electron chi connectivity index (χ1n) is 9.60. The van der Waals surface area contributed by atoms with Crippen LogP contribution in [0.3, 0.4) is 0 Å². The minimum atomic E-state index is -0.671. The first kappa shape index (κ1) is 21.1. The normalized spacial score (nSPS) is 11.6. The van der Waals surface area contributed by atoms with Crippen molar-refractivity contribution in [1.29, 1.82) is 0 Å². The van der Waals surface area contributed by atoms with Crippen molar-refractivity contribution in [3.05, 3.63) is 72.6 Å². The van der Waals surface area contributed by atoms with E-state index in [1.54, 1.807) is 25.0 Å². The van der Waals surface area contributed by atoms with Gasteiger partial charge in [0.2, 0.25) is 11.7 Å². The first-order chi connectivity index (χ1) is 14.5. The van der Waals surface area contributed by atoms with E-state index in [9.17, 15) is 4.79 Å². The number of carbonyl (C=O) groups is 1. The molecule has 0 aliphatic heterocycles. The quantitative estimate of drug-likeness (QED) is 0.498. The molecule has 7 nitrogen and oxygen atoms in total. The van der Waals surface area contributed by atoms with Crippen LogP contribution in [0, 0.1) is 6.92 Å². The lowest BCUT2D eigenvalue weighted by Gasteiger charge is -2.23. The number of rotatable bonds is 9. The van der Waals surface area contributed by atoms with Crippen LogP contribution in [0.2, 0.25) is 0 Å². The van der Waals surface area contributed by atoms with Gasteiger partial charge in [-0.15, -0.1) is 6.58 Å². The number of aryl methyl sites for hydroxylation is 1. The molecule has 7 heteroatoms. The van der Waals surface area contributed by atoms with Gasteiger partial charge in [-0.2, -0.15) is 4.98 Å². The monoisotopic (exact) mass is 407 g/mol. The summed E-state index contributed by atoms with van der Waals surface area (Å²) >= 11 is 0. The molecule has 1 aromatic heterocycles. The number of ether oxygens (including phenoxy) is 2. The summed E-state index contributed by atoms with van der Waals surface area (Å²) in [6.07, 6.45) is 0.980. The molecular formula is C23H25N3O4. The lowest BCUT2D eigenvalue weighted by Crippen LogP contribution is -2.40. The van der Waals surface area contributed by atoms with Crippen LogP contribution in [0.15, 0.2) is 65.7 Å². The zero-order chi connectivity index (χ0) is 21.5. The van der Waals surface area contributed by atoms with Gasteiger partial charge in [0.05, 0.1) is 7.11 Å². The van der Waals surface area contributed by atoms with E-state index < -0.39 is 6.10 Å². The van der Waals surface area contributed by atoms with Gasteiger partial charge in [0.15, 0.2) is 6.10 Å². The zero-order valence-electron chi connectivity index (χ0n) is 17.4. The molecule has 3 rings (SSSR count). The number of nitrogens with zero attached hydrogens (tertiary/aromatic N) is 3. The van der Waals surface area contributed by atoms with Crippen LogP contribution >= 0.6 is 0 Å². The van der Waals surface area contributed by atoms with Crippen LogP contribution in [-0.2, 0) is 11.3 Å². The molecule has 0 N–H and O–H groups in total. The lowest BCUT2D eigenvalue weighted by molar-refractivity contribution is -0.138. The third kappa shape index (κ3) is 5.26. The topological polar surface area (TPSA) is 77.7 Å². The fourth-order valence-electron chi connectivity index (χ4n) is 2.93. The van der Waals surface area contributed by atoms with Crippen molar-refractivity contribution in [2.75, 3.05) is 13.7 Å². The molecule has 0 saturated carbocycles. The third-order valence-corrected chi connectivity index (χ3v) is 4.45. The van der Waals surface area contributed by atoms with Gasteiger partial charge in [-0.1, -0.05) is 23.4 Å². The number of carbonyl (C=O) groups excluding carboxylic acids is 1. The van der Waals surface area contributed by atoms with Gasteiger partial charge in [0, 0.05) is 12.1 Å². The molecule has 1 atom stereocenters. The molecule has 30 heavy (non-hydrogen) atoms. The predicted molar refractivity (Wildman–Crippen MR) is 113 cm³/mol. The van der Waals surface area contributed by atoms with Gasteiger partial charge < -0.3 is 18.9 Å². The van der Waals surface area contributed by atoms with Crippen molar-refractivity contribution in [3.63, 3.8) is 0 Å². The van der Waals surface area contributed by atoms with Gasteiger partial charge in [0.1, 0.15) is 18.0 Å². The van der Waals surface area contributed by atoms with Gasteiger partial charge >= 0.3 is 0 Å². The van der Waals surface area contributed by atoms with E-state index in [4.69, 9.17) is 14.0 Å². The fraction of sp³-hybridized carbons (Fsp3) is 0.261. The van der Waals surface area contributed by atoms with E-state index in [-0.39, 0.29) is 12.5 Å². The summed E-state index contributed by atoms with van der Waals surface area (Å²) in [4.78, 5) is 18.9. The summed E-state index contributed by atoms with van der Waals surface area (Å²) in [6.45, 7) is 7.92. The van der Waals surface area contributed by atoms with Crippen LogP contribution in [0.4, 0.5) is 0 Å². The Bertz CT molecular complexity index is 998. The van der Waals surface area contributed by atoms with Crippen molar-refractivity contribution >= 4 is 5.91 Å². The van der Waals surface area contributed by atoms with E-state index >= 15 is 0 Å². The minimum Gasteiger partial charge on any atom is -0.497 e. The smallest absolute Gasteiger partial charge is 0.264 e. The van der Waals surface area contributed by atoms with Crippen molar-refractivity contribution in [2.45, 2.75) is 26.5 Å². The molecule has 2 aromatic carbocycles. The second-order valence-corrected chi connectivity index (χ2v) is 6.82. The van der Waals surface area contributed by atoms with Crippen molar-refractivity contribution in [1.82, 2.24) is 15.0 Å². The Labute approximate surface area is 175 Å². The maximum atomic E-state index is 12.9. The van der Waals surface area contributed by atoms with Crippen LogP contribution in [0.5, 0.6) is 11.5 Å². The summed E-state index contributed by atoms with van der Waals surface area (Å²) < 4.78 is 16.3. The predicted octanol–water partition coefficient (Wildman–Crippen LogP) is 4.04. The molecule has 1 heterocycles. The largest absolute Gasteiger partial charge is 0.497 e. The highest BCUT2D eigenvalue weighted by Gasteiger charge is 2.23. The SMILES string of the molecule is C=CCN(Cc1nc(-c2ccc(OC)cc2)no1)C(=O)[C@@H](C)Oc1cccc(C)c1. The van der Waals surface area contributed by atoms with Crippen molar-refractivity contribution < 1.29 is 18.8 Å². The van der Waals surface area contributed by atoms with Gasteiger partial charge in [0.25, 0.3) is 5.91 Å². The molecule has 3 aromatic rings. The lowest BCUT2D eigenvalue weighted by atomic mass is 10.2. The Balaban J connectivity index is 1.69. The molecule has 0 radical (unpaired) electrons. The van der Waals surface area contributed by atoms with E-state index in [1.807, 2.05) is 55.5 Å². The Morgan fingerprint density at radius 1 is 1.23 bits per heavy atom. The van der Waals surface area contributed by atoms with E-state index in [0.717, 1.165) is 16.9 Å². The Morgan fingerprint density at radius 3 is 2.67 bits per heavy atom. The Morgan fingerprint density at radius 2 is 2.00 bits per heavy atom. The number of hydrogen-bond donors (Lipinski definition) is 0. The summed E-state index contributed by atoms with van der Waals surface area (Å²) in [6, 6.07) is 14.9. The van der Waals surface area contributed by atoms with E-state index in [1.165, 1.54) is 0 Å². The third-order valence-electron chi connectivity index (χ3n) is 4.45. The summed E-state index contributed by atoms with van der Waals surface area (Å²) in [5.41, 5.74) is 1.86. The highest BCUT2D eigenvalue weighted by atomic mass is 16.5. The van der Waals surface area contributed by atoms with Gasteiger partial charge in [-0.25, -0.2) is 0 Å². The van der Waals surface area contributed by atoms with Crippen LogP contribution in [0.1, 0.15) is 18.4 Å². The summed E-state index contributed by atoms with van der Waals surface area (Å²) in [5, 5.41) is 4.01. The van der Waals surface area contributed by atoms with E-state index in [2.05, 4.69) is 16.7 Å². The highest BCUT2D eigenvalue weighted by Crippen LogP contribution is 2.20. The number of aromatic nitrogens is 2. The zero-order valence-corrected chi connectivity index (χ0v) is 17.4. The molecular weight excluding hydrogens is 382 g/mol. The van der Waals surface area contributed by atoms with Crippen molar-refractivity contribution in [3.8, 4) is 22.9 Å². The summed E-state index contributed by atoms with van der Waals surface area (Å²) in [5.74, 6) is 1.98. The fourth-order valence-corrected chi connectivity index (χ4v) is 2.93. The minimum absolute atomic E-state index is 0.162. The first-order valence-corrected chi connectivity index (χ1v) is 9.60. The number of hydrogen-bond acceptors (Lipinski definition) is 6. The van der Waals surface area contributed by atoms with Crippen molar-refractivity contribution in [2.24, 2.45) is 0 Å². The molecule has 156 valence electrons. The van der Waals surface area contributed by atoms with Crippen LogP contribution in [-0.4, -0.2) is 40.7 Å². The van der Waals surface area contributed by atoms with Crippen LogP contribution < -0.4 is 9.47 Å². The number of amides is 1. The van der Waals surface area contributed by atoms with E-state index in [0.29, 0.717) is 24.0 Å². The summed E-state index contributed by atoms with van der Waals surface area (Å²) in [7, 11) is 1.61. The molecule has 0 aliphatic rings. The van der Waals surface area contributed by atoms with Gasteiger partial charge in [-0.3, -0.25) is 4.79 Å². The molecule has 0 bridgehead atoms. The average Bonchev–Trinajstić information content (AvgIpc) is 3.21. The maximum absolute atomic E-state index is 12.9. The molecule has 0 unspecified atom stereocenters. The molecule has 0 saturated heterocycles. The molecule has 1 amide bonds. The highest BCUT2D eigenvalue weighted by molar-refractivity contribution is 5.81. The number of methoxy groups -OCH3 is 1. The molecule has 0 spiro atoms. The maximum Gasteiger partial charge on any atom is 0.264 e. The Hall–Kier alpha value is -3.61. The Kier molecular flexibility index (Phi) is 6.85. The van der Waals surface area contributed by atoms with Crippen LogP contribution in [0.25, 0.3) is 11.4 Å². The molecule has 0 aliphatic carbocycles. The molecule has 0 fully saturated rings.